The second-order valence-electron chi connectivity index (χ2n) is 3.69. The van der Waals surface area contributed by atoms with Crippen molar-refractivity contribution in [1.82, 2.24) is 0 Å². The molecule has 2 rings (SSSR count). The molecule has 0 unspecified atom stereocenters. The molecule has 0 heterocycles. The Morgan fingerprint density at radius 1 is 1.07 bits per heavy atom. The van der Waals surface area contributed by atoms with Crippen molar-refractivity contribution in [2.75, 3.05) is 0 Å². The van der Waals surface area contributed by atoms with Crippen molar-refractivity contribution in [3.63, 3.8) is 0 Å². The largest absolute Gasteiger partial charge is 0.490 e. The van der Waals surface area contributed by atoms with Gasteiger partial charge in [-0.3, -0.25) is 0 Å². The Morgan fingerprint density at radius 2 is 1.67 bits per heavy atom. The molecule has 1 saturated carbocycles. The highest BCUT2D eigenvalue weighted by Gasteiger charge is 2.30. The number of hydrogen-bond donors (Lipinski definition) is 0. The first-order chi connectivity index (χ1) is 7.05. The van der Waals surface area contributed by atoms with Gasteiger partial charge in [0.15, 0.2) is 0 Å². The van der Waals surface area contributed by atoms with Crippen LogP contribution in [0.25, 0.3) is 0 Å². The summed E-state index contributed by atoms with van der Waals surface area (Å²) in [7, 11) is 0. The van der Waals surface area contributed by atoms with Gasteiger partial charge < -0.3 is 4.74 Å². The average Bonchev–Trinajstić information content (AvgIpc) is 2.11. The normalized spacial score (nSPS) is 17.3. The highest BCUT2D eigenvalue weighted by Crippen LogP contribution is 2.31. The molecule has 1 aromatic rings. The van der Waals surface area contributed by atoms with Crippen molar-refractivity contribution in [3.8, 4) is 5.75 Å². The molecular weight excluding hydrogens is 205 g/mol. The molecule has 0 aromatic heterocycles. The van der Waals surface area contributed by atoms with E-state index in [1.54, 1.807) is 0 Å². The molecule has 1 nitrogen and oxygen atoms in total. The van der Waals surface area contributed by atoms with E-state index in [1.807, 2.05) is 0 Å². The van der Waals surface area contributed by atoms with Crippen LogP contribution in [0.5, 0.6) is 5.75 Å². The van der Waals surface area contributed by atoms with Gasteiger partial charge in [0.2, 0.25) is 0 Å². The van der Waals surface area contributed by atoms with E-state index in [0.717, 1.165) is 31.4 Å². The molecule has 15 heavy (non-hydrogen) atoms. The molecule has 0 atom stereocenters. The summed E-state index contributed by atoms with van der Waals surface area (Å²) in [6.45, 7) is 0. The van der Waals surface area contributed by atoms with Gasteiger partial charge in [0.25, 0.3) is 0 Å². The smallest absolute Gasteiger partial charge is 0.416 e. The van der Waals surface area contributed by atoms with Crippen molar-refractivity contribution in [2.45, 2.75) is 31.5 Å². The Bertz CT molecular complexity index is 325. The van der Waals surface area contributed by atoms with Gasteiger partial charge >= 0.3 is 6.18 Å². The third kappa shape index (κ3) is 2.43. The van der Waals surface area contributed by atoms with E-state index in [1.165, 1.54) is 12.1 Å². The number of alkyl halides is 3. The van der Waals surface area contributed by atoms with Crippen LogP contribution in [0.2, 0.25) is 0 Å². The minimum absolute atomic E-state index is 0.196. The lowest BCUT2D eigenvalue weighted by Gasteiger charge is -2.26. The zero-order valence-electron chi connectivity index (χ0n) is 8.05. The van der Waals surface area contributed by atoms with Crippen molar-refractivity contribution >= 4 is 0 Å². The van der Waals surface area contributed by atoms with Crippen molar-refractivity contribution in [1.29, 1.82) is 0 Å². The predicted octanol–water partition coefficient (Wildman–Crippen LogP) is 3.64. The monoisotopic (exact) mass is 216 g/mol. The zero-order valence-corrected chi connectivity index (χ0v) is 8.05. The fourth-order valence-corrected chi connectivity index (χ4v) is 1.40. The molecule has 1 aliphatic carbocycles. The van der Waals surface area contributed by atoms with E-state index in [9.17, 15) is 13.2 Å². The molecule has 0 aliphatic heterocycles. The van der Waals surface area contributed by atoms with Crippen molar-refractivity contribution in [2.24, 2.45) is 0 Å². The number of ether oxygens (including phenoxy) is 1. The molecule has 0 saturated heterocycles. The molecule has 1 fully saturated rings. The van der Waals surface area contributed by atoms with Gasteiger partial charge in [0.05, 0.1) is 11.7 Å². The third-order valence-electron chi connectivity index (χ3n) is 2.54. The van der Waals surface area contributed by atoms with Crippen molar-refractivity contribution in [3.05, 3.63) is 29.8 Å². The van der Waals surface area contributed by atoms with Crippen LogP contribution in [0.1, 0.15) is 24.8 Å². The Labute approximate surface area is 85.9 Å². The van der Waals surface area contributed by atoms with E-state index in [-0.39, 0.29) is 6.10 Å². The molecule has 0 N–H and O–H groups in total. The fourth-order valence-electron chi connectivity index (χ4n) is 1.40. The highest BCUT2D eigenvalue weighted by atomic mass is 19.4. The van der Waals surface area contributed by atoms with Crippen LogP contribution in [-0.2, 0) is 6.18 Å². The number of hydrogen-bond acceptors (Lipinski definition) is 1. The minimum atomic E-state index is -4.27. The maximum Gasteiger partial charge on any atom is 0.416 e. The zero-order chi connectivity index (χ0) is 10.9. The highest BCUT2D eigenvalue weighted by molar-refractivity contribution is 5.29. The van der Waals surface area contributed by atoms with Gasteiger partial charge in [-0.05, 0) is 43.5 Å². The van der Waals surface area contributed by atoms with Gasteiger partial charge in [0.1, 0.15) is 5.75 Å². The minimum Gasteiger partial charge on any atom is -0.490 e. The molecule has 0 radical (unpaired) electrons. The van der Waals surface area contributed by atoms with Gasteiger partial charge in [-0.25, -0.2) is 0 Å². The number of halogens is 3. The van der Waals surface area contributed by atoms with Gasteiger partial charge in [-0.15, -0.1) is 0 Å². The van der Waals surface area contributed by atoms with Crippen LogP contribution >= 0.6 is 0 Å². The Kier molecular flexibility index (Phi) is 2.59. The summed E-state index contributed by atoms with van der Waals surface area (Å²) >= 11 is 0. The molecule has 82 valence electrons. The van der Waals surface area contributed by atoms with Crippen LogP contribution in [0.3, 0.4) is 0 Å². The first-order valence-electron chi connectivity index (χ1n) is 4.89. The maximum atomic E-state index is 12.2. The lowest BCUT2D eigenvalue weighted by Crippen LogP contribution is -2.24. The summed E-state index contributed by atoms with van der Waals surface area (Å²) in [5, 5.41) is 0. The second-order valence-corrected chi connectivity index (χ2v) is 3.69. The maximum absolute atomic E-state index is 12.2. The molecular formula is C11H11F3O. The summed E-state index contributed by atoms with van der Waals surface area (Å²) in [6, 6.07) is 4.85. The molecule has 1 aliphatic rings. The molecule has 4 heteroatoms. The lowest BCUT2D eigenvalue weighted by atomic mass is 9.96. The second kappa shape index (κ2) is 3.76. The summed E-state index contributed by atoms with van der Waals surface area (Å²) in [5.74, 6) is 0.521. The SMILES string of the molecule is FC(F)(F)c1ccc(OC2CCC2)cc1. The Balaban J connectivity index is 2.03. The fraction of sp³-hybridized carbons (Fsp3) is 0.455. The Hall–Kier alpha value is -1.19. The van der Waals surface area contributed by atoms with Crippen LogP contribution in [0.4, 0.5) is 13.2 Å². The van der Waals surface area contributed by atoms with Crippen LogP contribution < -0.4 is 4.74 Å². The first-order valence-corrected chi connectivity index (χ1v) is 4.89. The van der Waals surface area contributed by atoms with E-state index >= 15 is 0 Å². The van der Waals surface area contributed by atoms with Crippen LogP contribution in [0, 0.1) is 0 Å². The van der Waals surface area contributed by atoms with Crippen molar-refractivity contribution < 1.29 is 17.9 Å². The molecule has 0 amide bonds. The quantitative estimate of drug-likeness (QED) is 0.733. The van der Waals surface area contributed by atoms with E-state index in [2.05, 4.69) is 0 Å². The third-order valence-corrected chi connectivity index (χ3v) is 2.54. The van der Waals surface area contributed by atoms with Crippen LogP contribution in [-0.4, -0.2) is 6.10 Å². The standard InChI is InChI=1S/C11H11F3O/c12-11(13,14)8-4-6-10(7-5-8)15-9-2-1-3-9/h4-7,9H,1-3H2. The topological polar surface area (TPSA) is 9.23 Å². The lowest BCUT2D eigenvalue weighted by molar-refractivity contribution is -0.137. The first kappa shape index (κ1) is 10.3. The van der Waals surface area contributed by atoms with Gasteiger partial charge in [0, 0.05) is 0 Å². The van der Waals surface area contributed by atoms with E-state index in [4.69, 9.17) is 4.74 Å². The summed E-state index contributed by atoms with van der Waals surface area (Å²) in [5.41, 5.74) is -0.636. The van der Waals surface area contributed by atoms with E-state index < -0.39 is 11.7 Å². The van der Waals surface area contributed by atoms with E-state index in [0.29, 0.717) is 5.75 Å². The number of benzene rings is 1. The van der Waals surface area contributed by atoms with Gasteiger partial charge in [-0.1, -0.05) is 0 Å². The predicted molar refractivity (Wildman–Crippen MR) is 49.7 cm³/mol. The summed E-state index contributed by atoms with van der Waals surface area (Å²) in [6.07, 6.45) is -0.927. The number of rotatable bonds is 2. The molecule has 1 aromatic carbocycles. The molecule has 0 spiro atoms. The van der Waals surface area contributed by atoms with Crippen LogP contribution in [0.15, 0.2) is 24.3 Å². The van der Waals surface area contributed by atoms with Gasteiger partial charge in [-0.2, -0.15) is 13.2 Å². The Morgan fingerprint density at radius 3 is 2.07 bits per heavy atom. The summed E-state index contributed by atoms with van der Waals surface area (Å²) < 4.78 is 42.1. The summed E-state index contributed by atoms with van der Waals surface area (Å²) in [4.78, 5) is 0. The molecule has 0 bridgehead atoms. The average molecular weight is 216 g/mol.